The maximum absolute atomic E-state index is 2.49. The summed E-state index contributed by atoms with van der Waals surface area (Å²) in [5.74, 6) is 3.72. The molecule has 27 heavy (non-hydrogen) atoms. The Hall–Kier alpha value is -0.780. The Balaban J connectivity index is 1.42. The fraction of sp³-hybridized carbons (Fsp3) is 0.778. The lowest BCUT2D eigenvalue weighted by Gasteiger charge is -2.30. The van der Waals surface area contributed by atoms with E-state index < -0.39 is 0 Å². The Morgan fingerprint density at radius 2 is 1.04 bits per heavy atom. The van der Waals surface area contributed by atoms with Crippen molar-refractivity contribution in [2.75, 3.05) is 0 Å². The fourth-order valence-electron chi connectivity index (χ4n) is 5.88. The van der Waals surface area contributed by atoms with E-state index in [0.29, 0.717) is 0 Å². The molecule has 0 saturated heterocycles. The molecule has 0 aromatic heterocycles. The van der Waals surface area contributed by atoms with Gasteiger partial charge in [-0.3, -0.25) is 0 Å². The van der Waals surface area contributed by atoms with Gasteiger partial charge in [-0.1, -0.05) is 83.1 Å². The molecule has 2 saturated carbocycles. The third-order valence-electron chi connectivity index (χ3n) is 7.74. The van der Waals surface area contributed by atoms with Crippen molar-refractivity contribution in [3.05, 3.63) is 35.4 Å². The Morgan fingerprint density at radius 1 is 0.556 bits per heavy atom. The van der Waals surface area contributed by atoms with Gasteiger partial charge in [-0.2, -0.15) is 0 Å². The zero-order chi connectivity index (χ0) is 18.9. The van der Waals surface area contributed by atoms with E-state index in [2.05, 4.69) is 38.1 Å². The molecule has 0 heteroatoms. The maximum Gasteiger partial charge on any atom is -0.0162 e. The van der Waals surface area contributed by atoms with Gasteiger partial charge in [0.2, 0.25) is 0 Å². The van der Waals surface area contributed by atoms with E-state index in [1.54, 1.807) is 11.1 Å². The van der Waals surface area contributed by atoms with Crippen LogP contribution in [0.25, 0.3) is 0 Å². The standard InChI is InChI=1S/C27H44/c1-3-5-6-7-9-23-12-16-25(17-13-23)27-20-18-26(19-21-27)24-14-10-22(8-4-2)11-15-24/h18-25H,3-17H2,1-2H3. The summed E-state index contributed by atoms with van der Waals surface area (Å²) in [6, 6.07) is 9.94. The first-order valence-electron chi connectivity index (χ1n) is 12.4. The van der Waals surface area contributed by atoms with Gasteiger partial charge in [-0.05, 0) is 86.2 Å². The normalized spacial score (nSPS) is 29.0. The average Bonchev–Trinajstić information content (AvgIpc) is 2.73. The van der Waals surface area contributed by atoms with Crippen molar-refractivity contribution in [1.29, 1.82) is 0 Å². The number of hydrogen-bond donors (Lipinski definition) is 0. The molecule has 0 nitrogen and oxygen atoms in total. The third-order valence-corrected chi connectivity index (χ3v) is 7.74. The zero-order valence-corrected chi connectivity index (χ0v) is 18.2. The summed E-state index contributed by atoms with van der Waals surface area (Å²) in [4.78, 5) is 0. The van der Waals surface area contributed by atoms with Crippen LogP contribution in [0.3, 0.4) is 0 Å². The van der Waals surface area contributed by atoms with Crippen LogP contribution in [-0.2, 0) is 0 Å². The van der Waals surface area contributed by atoms with E-state index in [4.69, 9.17) is 0 Å². The van der Waals surface area contributed by atoms with Gasteiger partial charge in [0.05, 0.1) is 0 Å². The van der Waals surface area contributed by atoms with Crippen LogP contribution in [0.15, 0.2) is 24.3 Å². The van der Waals surface area contributed by atoms with Crippen molar-refractivity contribution in [1.82, 2.24) is 0 Å². The van der Waals surface area contributed by atoms with Crippen molar-refractivity contribution >= 4 is 0 Å². The van der Waals surface area contributed by atoms with Gasteiger partial charge in [-0.25, -0.2) is 0 Å². The molecule has 1 aromatic rings. The molecular formula is C27H44. The summed E-state index contributed by atoms with van der Waals surface area (Å²) < 4.78 is 0. The van der Waals surface area contributed by atoms with Crippen LogP contribution in [0.2, 0.25) is 0 Å². The molecule has 0 unspecified atom stereocenters. The number of benzene rings is 1. The van der Waals surface area contributed by atoms with Crippen LogP contribution in [0, 0.1) is 11.8 Å². The van der Waals surface area contributed by atoms with Crippen molar-refractivity contribution in [2.45, 2.75) is 122 Å². The Labute approximate surface area is 169 Å². The largest absolute Gasteiger partial charge is 0.0654 e. The second-order valence-corrected chi connectivity index (χ2v) is 9.74. The monoisotopic (exact) mass is 368 g/mol. The summed E-state index contributed by atoms with van der Waals surface area (Å²) in [7, 11) is 0. The topological polar surface area (TPSA) is 0 Å². The Kier molecular flexibility index (Phi) is 8.75. The molecule has 0 atom stereocenters. The number of unbranched alkanes of at least 4 members (excludes halogenated alkanes) is 3. The van der Waals surface area contributed by atoms with Crippen LogP contribution in [0.5, 0.6) is 0 Å². The maximum atomic E-state index is 2.49. The minimum Gasteiger partial charge on any atom is -0.0654 e. The molecule has 0 radical (unpaired) electrons. The van der Waals surface area contributed by atoms with Crippen LogP contribution in [-0.4, -0.2) is 0 Å². The zero-order valence-electron chi connectivity index (χ0n) is 18.2. The van der Waals surface area contributed by atoms with Crippen molar-refractivity contribution in [2.24, 2.45) is 11.8 Å². The van der Waals surface area contributed by atoms with Crippen LogP contribution < -0.4 is 0 Å². The van der Waals surface area contributed by atoms with Crippen LogP contribution in [0.1, 0.15) is 133 Å². The highest BCUT2D eigenvalue weighted by molar-refractivity contribution is 5.28. The molecule has 1 aromatic carbocycles. The highest BCUT2D eigenvalue weighted by Gasteiger charge is 2.24. The molecule has 0 aliphatic heterocycles. The van der Waals surface area contributed by atoms with E-state index in [-0.39, 0.29) is 0 Å². The predicted octanol–water partition coefficient (Wildman–Crippen LogP) is 9.00. The predicted molar refractivity (Wildman–Crippen MR) is 120 cm³/mol. The molecule has 0 N–H and O–H groups in total. The summed E-state index contributed by atoms with van der Waals surface area (Å²) in [5.41, 5.74) is 3.25. The summed E-state index contributed by atoms with van der Waals surface area (Å²) in [6.07, 6.45) is 21.6. The molecule has 0 spiro atoms. The number of hydrogen-bond acceptors (Lipinski definition) is 0. The van der Waals surface area contributed by atoms with Gasteiger partial charge in [-0.15, -0.1) is 0 Å². The molecular weight excluding hydrogens is 324 g/mol. The second-order valence-electron chi connectivity index (χ2n) is 9.74. The molecule has 3 rings (SSSR count). The SMILES string of the molecule is CCCCCCC1CCC(c2ccc(C3CCC(CCC)CC3)cc2)CC1. The molecule has 152 valence electrons. The Bertz CT molecular complexity index is 497. The highest BCUT2D eigenvalue weighted by atomic mass is 14.3. The summed E-state index contributed by atoms with van der Waals surface area (Å²) in [6.45, 7) is 4.65. The minimum absolute atomic E-state index is 0.839. The lowest BCUT2D eigenvalue weighted by molar-refractivity contribution is 0.301. The lowest BCUT2D eigenvalue weighted by Crippen LogP contribution is -2.14. The molecule has 2 aliphatic rings. The van der Waals surface area contributed by atoms with E-state index in [0.717, 1.165) is 23.7 Å². The molecule has 0 amide bonds. The van der Waals surface area contributed by atoms with Gasteiger partial charge in [0.1, 0.15) is 0 Å². The molecule has 2 fully saturated rings. The summed E-state index contributed by atoms with van der Waals surface area (Å²) >= 11 is 0. The van der Waals surface area contributed by atoms with Crippen LogP contribution in [0.4, 0.5) is 0 Å². The Morgan fingerprint density at radius 3 is 1.48 bits per heavy atom. The van der Waals surface area contributed by atoms with Gasteiger partial charge < -0.3 is 0 Å². The highest BCUT2D eigenvalue weighted by Crippen LogP contribution is 2.40. The van der Waals surface area contributed by atoms with E-state index in [1.165, 1.54) is 96.3 Å². The summed E-state index contributed by atoms with van der Waals surface area (Å²) in [5, 5.41) is 0. The van der Waals surface area contributed by atoms with E-state index >= 15 is 0 Å². The first-order chi connectivity index (χ1) is 13.3. The fourth-order valence-corrected chi connectivity index (χ4v) is 5.88. The lowest BCUT2D eigenvalue weighted by atomic mass is 9.75. The third kappa shape index (κ3) is 6.37. The minimum atomic E-state index is 0.839. The van der Waals surface area contributed by atoms with Gasteiger partial charge in [0, 0.05) is 0 Å². The van der Waals surface area contributed by atoms with Gasteiger partial charge >= 0.3 is 0 Å². The van der Waals surface area contributed by atoms with Crippen LogP contribution >= 0.6 is 0 Å². The molecule has 0 bridgehead atoms. The number of rotatable bonds is 9. The van der Waals surface area contributed by atoms with E-state index in [1.807, 2.05) is 0 Å². The molecule has 2 aliphatic carbocycles. The van der Waals surface area contributed by atoms with Crippen molar-refractivity contribution < 1.29 is 0 Å². The quantitative estimate of drug-likeness (QED) is 0.381. The average molecular weight is 369 g/mol. The van der Waals surface area contributed by atoms with Gasteiger partial charge in [0.25, 0.3) is 0 Å². The van der Waals surface area contributed by atoms with Crippen molar-refractivity contribution in [3.8, 4) is 0 Å². The smallest absolute Gasteiger partial charge is 0.0162 e. The van der Waals surface area contributed by atoms with Gasteiger partial charge in [0.15, 0.2) is 0 Å². The van der Waals surface area contributed by atoms with E-state index in [9.17, 15) is 0 Å². The first kappa shape index (κ1) is 20.9. The first-order valence-corrected chi connectivity index (χ1v) is 12.4. The van der Waals surface area contributed by atoms with Crippen molar-refractivity contribution in [3.63, 3.8) is 0 Å². The molecule has 0 heterocycles. The second kappa shape index (κ2) is 11.3.